The van der Waals surface area contributed by atoms with E-state index in [1.54, 1.807) is 0 Å². The van der Waals surface area contributed by atoms with Gasteiger partial charge in [0.2, 0.25) is 5.91 Å². The zero-order chi connectivity index (χ0) is 14.6. The highest BCUT2D eigenvalue weighted by molar-refractivity contribution is 5.99. The molecule has 2 unspecified atom stereocenters. The molecule has 4 nitrogen and oxygen atoms in total. The van der Waals surface area contributed by atoms with Gasteiger partial charge >= 0.3 is 5.97 Å². The number of nitrogens with zero attached hydrogens (tertiary/aromatic N) is 1. The molecule has 0 spiro atoms. The topological polar surface area (TPSA) is 46.6 Å². The first-order chi connectivity index (χ1) is 8.80. The van der Waals surface area contributed by atoms with E-state index >= 15 is 0 Å². The lowest BCUT2D eigenvalue weighted by molar-refractivity contribution is -0.169. The molecule has 1 heterocycles. The zero-order valence-corrected chi connectivity index (χ0v) is 12.4. The third kappa shape index (κ3) is 4.08. The fourth-order valence-corrected chi connectivity index (χ4v) is 2.48. The van der Waals surface area contributed by atoms with Crippen LogP contribution in [0.2, 0.25) is 0 Å². The molecule has 0 bridgehead atoms. The Labute approximate surface area is 115 Å². The predicted molar refractivity (Wildman–Crippen MR) is 74.3 cm³/mol. The number of ether oxygens (including phenoxy) is 1. The van der Waals surface area contributed by atoms with E-state index in [4.69, 9.17) is 4.74 Å². The highest BCUT2D eigenvalue weighted by atomic mass is 16.6. The summed E-state index contributed by atoms with van der Waals surface area (Å²) in [6, 6.07) is 0. The summed E-state index contributed by atoms with van der Waals surface area (Å²) in [5.41, 5.74) is -0.565. The molecule has 19 heavy (non-hydrogen) atoms. The maximum atomic E-state index is 12.3. The Bertz CT molecular complexity index is 357. The molecule has 1 rings (SSSR count). The van der Waals surface area contributed by atoms with E-state index in [1.165, 1.54) is 11.1 Å². The lowest BCUT2D eigenvalue weighted by Crippen LogP contribution is -2.48. The van der Waals surface area contributed by atoms with Crippen LogP contribution in [0.3, 0.4) is 0 Å². The molecule has 4 heteroatoms. The van der Waals surface area contributed by atoms with E-state index in [2.05, 4.69) is 13.5 Å². The largest absolute Gasteiger partial charge is 0.459 e. The van der Waals surface area contributed by atoms with Crippen molar-refractivity contribution in [2.24, 2.45) is 11.8 Å². The average molecular weight is 267 g/mol. The van der Waals surface area contributed by atoms with Gasteiger partial charge in [-0.15, -0.1) is 0 Å². The van der Waals surface area contributed by atoms with Gasteiger partial charge in [0.15, 0.2) is 0 Å². The Balaban J connectivity index is 2.90. The van der Waals surface area contributed by atoms with Crippen molar-refractivity contribution in [2.75, 3.05) is 6.54 Å². The summed E-state index contributed by atoms with van der Waals surface area (Å²) in [6.45, 7) is 11.8. The van der Waals surface area contributed by atoms with Crippen LogP contribution in [0.1, 0.15) is 47.0 Å². The maximum absolute atomic E-state index is 12.3. The number of hydrogen-bond acceptors (Lipinski definition) is 3. The second kappa shape index (κ2) is 6.22. The maximum Gasteiger partial charge on any atom is 0.319 e. The monoisotopic (exact) mass is 267 g/mol. The Morgan fingerprint density at radius 1 is 1.53 bits per heavy atom. The second-order valence-corrected chi connectivity index (χ2v) is 6.06. The number of likely N-dealkylation sites (tertiary alicyclic amines) is 1. The highest BCUT2D eigenvalue weighted by Crippen LogP contribution is 2.31. The van der Waals surface area contributed by atoms with Crippen molar-refractivity contribution in [1.29, 1.82) is 0 Å². The van der Waals surface area contributed by atoms with Crippen molar-refractivity contribution >= 4 is 11.9 Å². The summed E-state index contributed by atoms with van der Waals surface area (Å²) >= 11 is 0. The molecule has 0 aromatic rings. The van der Waals surface area contributed by atoms with Gasteiger partial charge in [-0.05, 0) is 45.7 Å². The third-order valence-electron chi connectivity index (χ3n) is 3.30. The molecule has 0 radical (unpaired) electrons. The van der Waals surface area contributed by atoms with Crippen molar-refractivity contribution in [3.63, 3.8) is 0 Å². The summed E-state index contributed by atoms with van der Waals surface area (Å²) in [4.78, 5) is 26.1. The van der Waals surface area contributed by atoms with Gasteiger partial charge in [-0.3, -0.25) is 9.59 Å². The third-order valence-corrected chi connectivity index (χ3v) is 3.30. The van der Waals surface area contributed by atoms with Crippen LogP contribution in [0, 0.1) is 11.8 Å². The fourth-order valence-electron chi connectivity index (χ4n) is 2.48. The van der Waals surface area contributed by atoms with E-state index in [1.807, 2.05) is 20.8 Å². The lowest BCUT2D eigenvalue weighted by Gasteiger charge is -2.36. The van der Waals surface area contributed by atoms with Gasteiger partial charge in [-0.1, -0.05) is 19.9 Å². The molecule has 1 fully saturated rings. The molecule has 0 aromatic carbocycles. The first kappa shape index (κ1) is 15.7. The Hall–Kier alpha value is -1.32. The van der Waals surface area contributed by atoms with E-state index in [9.17, 15) is 9.59 Å². The van der Waals surface area contributed by atoms with Crippen LogP contribution in [0.15, 0.2) is 12.8 Å². The van der Waals surface area contributed by atoms with Gasteiger partial charge in [0.05, 0.1) is 0 Å². The molecule has 1 aliphatic heterocycles. The molecular weight excluding hydrogens is 242 g/mol. The van der Waals surface area contributed by atoms with Crippen LogP contribution in [0.25, 0.3) is 0 Å². The number of hydrogen-bond donors (Lipinski definition) is 0. The number of esters is 1. The van der Waals surface area contributed by atoms with E-state index in [0.717, 1.165) is 19.3 Å². The van der Waals surface area contributed by atoms with Crippen LogP contribution >= 0.6 is 0 Å². The minimum absolute atomic E-state index is 0.0866. The number of carbonyl (C=O) groups excluding carboxylic acids is 2. The Kier molecular flexibility index (Phi) is 5.15. The first-order valence-electron chi connectivity index (χ1n) is 6.96. The summed E-state index contributed by atoms with van der Waals surface area (Å²) in [5, 5.41) is 0. The van der Waals surface area contributed by atoms with E-state index in [0.29, 0.717) is 6.54 Å². The zero-order valence-electron chi connectivity index (χ0n) is 12.4. The summed E-state index contributed by atoms with van der Waals surface area (Å²) in [6.07, 6.45) is 4.17. The van der Waals surface area contributed by atoms with Crippen LogP contribution < -0.4 is 0 Å². The molecule has 1 aliphatic rings. The van der Waals surface area contributed by atoms with Crippen LogP contribution in [-0.2, 0) is 14.3 Å². The van der Waals surface area contributed by atoms with E-state index in [-0.39, 0.29) is 11.8 Å². The van der Waals surface area contributed by atoms with Crippen LogP contribution in [-0.4, -0.2) is 28.9 Å². The molecule has 0 aromatic heterocycles. The second-order valence-electron chi connectivity index (χ2n) is 6.06. The summed E-state index contributed by atoms with van der Waals surface area (Å²) in [5.74, 6) is -1.16. The van der Waals surface area contributed by atoms with Gasteiger partial charge in [0.1, 0.15) is 11.5 Å². The minimum atomic E-state index is -0.675. The molecule has 108 valence electrons. The number of carbonyl (C=O) groups is 2. The van der Waals surface area contributed by atoms with Crippen LogP contribution in [0.4, 0.5) is 0 Å². The van der Waals surface area contributed by atoms with Crippen molar-refractivity contribution in [3.8, 4) is 0 Å². The fraction of sp³-hybridized carbons (Fsp3) is 0.733. The van der Waals surface area contributed by atoms with Crippen molar-refractivity contribution in [1.82, 2.24) is 4.90 Å². The smallest absolute Gasteiger partial charge is 0.319 e. The Morgan fingerprint density at radius 2 is 2.16 bits per heavy atom. The summed E-state index contributed by atoms with van der Waals surface area (Å²) in [7, 11) is 0. The van der Waals surface area contributed by atoms with Gasteiger partial charge in [0, 0.05) is 6.54 Å². The molecule has 0 aliphatic carbocycles. The Morgan fingerprint density at radius 3 is 2.63 bits per heavy atom. The number of rotatable bonds is 4. The standard InChI is InChI=1S/C15H25NO3/c1-6-8-11-9-10-16(7-2)13(17)12(11)14(18)19-15(3,4)5/h7,11-12H,2,6,8-10H2,1,3-5H3. The molecule has 1 saturated heterocycles. The van der Waals surface area contributed by atoms with Gasteiger partial charge in [-0.2, -0.15) is 0 Å². The van der Waals surface area contributed by atoms with Crippen molar-refractivity contribution < 1.29 is 14.3 Å². The normalized spacial score (nSPS) is 24.2. The minimum Gasteiger partial charge on any atom is -0.459 e. The average Bonchev–Trinajstić information content (AvgIpc) is 2.27. The van der Waals surface area contributed by atoms with E-state index < -0.39 is 17.5 Å². The molecule has 1 amide bonds. The van der Waals surface area contributed by atoms with Crippen LogP contribution in [0.5, 0.6) is 0 Å². The number of amides is 1. The molecule has 0 N–H and O–H groups in total. The van der Waals surface area contributed by atoms with Gasteiger partial charge in [0.25, 0.3) is 0 Å². The molecular formula is C15H25NO3. The molecule has 0 saturated carbocycles. The number of piperidine rings is 1. The van der Waals surface area contributed by atoms with Gasteiger partial charge < -0.3 is 9.64 Å². The molecule has 2 atom stereocenters. The van der Waals surface area contributed by atoms with Crippen molar-refractivity contribution in [2.45, 2.75) is 52.6 Å². The summed E-state index contributed by atoms with van der Waals surface area (Å²) < 4.78 is 5.40. The van der Waals surface area contributed by atoms with Gasteiger partial charge in [-0.25, -0.2) is 0 Å². The quantitative estimate of drug-likeness (QED) is 0.581. The predicted octanol–water partition coefficient (Wildman–Crippen LogP) is 2.74. The lowest BCUT2D eigenvalue weighted by atomic mass is 9.82. The SMILES string of the molecule is C=CN1CCC(CCC)C(C(=O)OC(C)(C)C)C1=O. The first-order valence-corrected chi connectivity index (χ1v) is 6.96. The van der Waals surface area contributed by atoms with Crippen molar-refractivity contribution in [3.05, 3.63) is 12.8 Å². The highest BCUT2D eigenvalue weighted by Gasteiger charge is 2.42.